The quantitative estimate of drug-likeness (QED) is 0.722. The number of carbonyl (C=O) groups excluding carboxylic acids is 1. The van der Waals surface area contributed by atoms with Gasteiger partial charge in [0.25, 0.3) is 0 Å². The number of allylic oxidation sites excluding steroid dienone is 1. The molecule has 1 saturated heterocycles. The zero-order valence-corrected chi connectivity index (χ0v) is 11.8. The molecule has 0 aliphatic carbocycles. The van der Waals surface area contributed by atoms with Gasteiger partial charge < -0.3 is 4.90 Å². The lowest BCUT2D eigenvalue weighted by molar-refractivity contribution is -0.131. The minimum atomic E-state index is -1.08. The molecule has 1 heterocycles. The van der Waals surface area contributed by atoms with Crippen molar-refractivity contribution in [1.82, 2.24) is 4.90 Å². The minimum absolute atomic E-state index is 0.0553. The Morgan fingerprint density at radius 2 is 2.06 bits per heavy atom. The first-order chi connectivity index (χ1) is 8.06. The van der Waals surface area contributed by atoms with Gasteiger partial charge in [-0.3, -0.25) is 9.00 Å². The van der Waals surface area contributed by atoms with E-state index in [0.29, 0.717) is 11.7 Å². The SMILES string of the molecule is C/C=C/C[S@](=O)[C@@H](C)C(=O)N1CCC(C)CC1. The number of hydrogen-bond donors (Lipinski definition) is 0. The Balaban J connectivity index is 2.48. The minimum Gasteiger partial charge on any atom is -0.342 e. The maximum Gasteiger partial charge on any atom is 0.238 e. The summed E-state index contributed by atoms with van der Waals surface area (Å²) in [5.41, 5.74) is 0. The highest BCUT2D eigenvalue weighted by molar-refractivity contribution is 7.86. The maximum atomic E-state index is 12.1. The molecule has 1 rings (SSSR count). The molecular formula is C13H23NO2S. The van der Waals surface area contributed by atoms with Crippen molar-refractivity contribution >= 4 is 16.7 Å². The van der Waals surface area contributed by atoms with Crippen LogP contribution in [-0.2, 0) is 15.6 Å². The van der Waals surface area contributed by atoms with Crippen LogP contribution in [0.2, 0.25) is 0 Å². The molecule has 1 amide bonds. The molecule has 1 aliphatic heterocycles. The van der Waals surface area contributed by atoms with Crippen LogP contribution in [-0.4, -0.2) is 39.1 Å². The third kappa shape index (κ3) is 4.26. The summed E-state index contributed by atoms with van der Waals surface area (Å²) >= 11 is 0. The number of likely N-dealkylation sites (tertiary alicyclic amines) is 1. The number of amides is 1. The summed E-state index contributed by atoms with van der Waals surface area (Å²) in [4.78, 5) is 14.0. The normalized spacial score (nSPS) is 21.7. The lowest BCUT2D eigenvalue weighted by atomic mass is 9.99. The van der Waals surface area contributed by atoms with Gasteiger partial charge in [0.05, 0.1) is 0 Å². The van der Waals surface area contributed by atoms with E-state index in [4.69, 9.17) is 0 Å². The first-order valence-electron chi connectivity index (χ1n) is 6.33. The fraction of sp³-hybridized carbons (Fsp3) is 0.769. The second kappa shape index (κ2) is 6.94. The molecule has 0 bridgehead atoms. The second-order valence-corrected chi connectivity index (χ2v) is 6.57. The van der Waals surface area contributed by atoms with E-state index in [9.17, 15) is 9.00 Å². The highest BCUT2D eigenvalue weighted by atomic mass is 32.2. The average molecular weight is 257 g/mol. The summed E-state index contributed by atoms with van der Waals surface area (Å²) < 4.78 is 11.9. The van der Waals surface area contributed by atoms with Gasteiger partial charge in [-0.25, -0.2) is 0 Å². The fourth-order valence-electron chi connectivity index (χ4n) is 1.93. The Kier molecular flexibility index (Phi) is 5.89. The zero-order valence-electron chi connectivity index (χ0n) is 11.0. The largest absolute Gasteiger partial charge is 0.342 e. The Morgan fingerprint density at radius 1 is 1.47 bits per heavy atom. The van der Waals surface area contributed by atoms with Gasteiger partial charge in [-0.1, -0.05) is 19.1 Å². The summed E-state index contributed by atoms with van der Waals surface area (Å²) in [6.07, 6.45) is 5.87. The van der Waals surface area contributed by atoms with Gasteiger partial charge in [-0.05, 0) is 32.6 Å². The molecule has 0 spiro atoms. The van der Waals surface area contributed by atoms with Crippen LogP contribution in [0.4, 0.5) is 0 Å². The van der Waals surface area contributed by atoms with Gasteiger partial charge in [-0.15, -0.1) is 0 Å². The lowest BCUT2D eigenvalue weighted by Gasteiger charge is -2.31. The lowest BCUT2D eigenvalue weighted by Crippen LogP contribution is -2.44. The highest BCUT2D eigenvalue weighted by Crippen LogP contribution is 2.17. The molecule has 0 aromatic heterocycles. The molecule has 0 radical (unpaired) electrons. The van der Waals surface area contributed by atoms with E-state index in [1.807, 2.05) is 24.0 Å². The first-order valence-corrected chi connectivity index (χ1v) is 7.71. The number of piperidine rings is 1. The van der Waals surface area contributed by atoms with E-state index < -0.39 is 10.8 Å². The second-order valence-electron chi connectivity index (χ2n) is 4.77. The van der Waals surface area contributed by atoms with Gasteiger partial charge in [0.1, 0.15) is 5.25 Å². The molecule has 0 aromatic carbocycles. The van der Waals surface area contributed by atoms with Crippen LogP contribution in [0.25, 0.3) is 0 Å². The molecule has 0 N–H and O–H groups in total. The fourth-order valence-corrected chi connectivity index (χ4v) is 2.98. The van der Waals surface area contributed by atoms with E-state index in [0.717, 1.165) is 25.9 Å². The van der Waals surface area contributed by atoms with E-state index >= 15 is 0 Å². The van der Waals surface area contributed by atoms with E-state index in [1.54, 1.807) is 6.92 Å². The van der Waals surface area contributed by atoms with E-state index in [1.165, 1.54) is 0 Å². The van der Waals surface area contributed by atoms with Crippen molar-refractivity contribution < 1.29 is 9.00 Å². The Labute approximate surface area is 107 Å². The molecule has 0 unspecified atom stereocenters. The highest BCUT2D eigenvalue weighted by Gasteiger charge is 2.27. The Hall–Kier alpha value is -0.640. The van der Waals surface area contributed by atoms with Crippen molar-refractivity contribution in [3.05, 3.63) is 12.2 Å². The van der Waals surface area contributed by atoms with Gasteiger partial charge >= 0.3 is 0 Å². The standard InChI is InChI=1S/C13H23NO2S/c1-4-5-10-17(16)12(3)13(15)14-8-6-11(2)7-9-14/h4-5,11-12H,6-10H2,1-3H3/b5-4+/t12-,17-/m0/s1. The van der Waals surface area contributed by atoms with E-state index in [2.05, 4.69) is 6.92 Å². The van der Waals surface area contributed by atoms with Crippen molar-refractivity contribution in [3.63, 3.8) is 0 Å². The third-order valence-corrected chi connectivity index (χ3v) is 4.84. The molecule has 3 nitrogen and oxygen atoms in total. The summed E-state index contributed by atoms with van der Waals surface area (Å²) in [6.45, 7) is 7.54. The molecule has 4 heteroatoms. The van der Waals surface area contributed by atoms with Crippen molar-refractivity contribution in [2.75, 3.05) is 18.8 Å². The predicted molar refractivity (Wildman–Crippen MR) is 72.3 cm³/mol. The van der Waals surface area contributed by atoms with Crippen LogP contribution >= 0.6 is 0 Å². The van der Waals surface area contributed by atoms with Gasteiger partial charge in [0.15, 0.2) is 0 Å². The van der Waals surface area contributed by atoms with Crippen molar-refractivity contribution in [1.29, 1.82) is 0 Å². The van der Waals surface area contributed by atoms with Crippen LogP contribution in [0, 0.1) is 5.92 Å². The van der Waals surface area contributed by atoms with Crippen molar-refractivity contribution in [3.8, 4) is 0 Å². The first kappa shape index (κ1) is 14.4. The predicted octanol–water partition coefficient (Wildman–Crippen LogP) is 1.96. The molecule has 1 fully saturated rings. The molecule has 2 atom stereocenters. The smallest absolute Gasteiger partial charge is 0.238 e. The number of hydrogen-bond acceptors (Lipinski definition) is 2. The maximum absolute atomic E-state index is 12.1. The molecule has 17 heavy (non-hydrogen) atoms. The molecule has 1 aliphatic rings. The number of rotatable bonds is 4. The van der Waals surface area contributed by atoms with E-state index in [-0.39, 0.29) is 11.2 Å². The van der Waals surface area contributed by atoms with Gasteiger partial charge in [0.2, 0.25) is 5.91 Å². The monoisotopic (exact) mass is 257 g/mol. The van der Waals surface area contributed by atoms with Crippen LogP contribution < -0.4 is 0 Å². The van der Waals surface area contributed by atoms with Crippen molar-refractivity contribution in [2.24, 2.45) is 5.92 Å². The third-order valence-electron chi connectivity index (χ3n) is 3.33. The molecule has 98 valence electrons. The number of nitrogens with zero attached hydrogens (tertiary/aromatic N) is 1. The van der Waals surface area contributed by atoms with Crippen molar-refractivity contribution in [2.45, 2.75) is 38.9 Å². The van der Waals surface area contributed by atoms with Crippen LogP contribution in [0.3, 0.4) is 0 Å². The van der Waals surface area contributed by atoms with Crippen LogP contribution in [0.5, 0.6) is 0 Å². The van der Waals surface area contributed by atoms with Crippen LogP contribution in [0.15, 0.2) is 12.2 Å². The number of carbonyl (C=O) groups is 1. The summed E-state index contributed by atoms with van der Waals surface area (Å²) in [7, 11) is -1.08. The average Bonchev–Trinajstić information content (AvgIpc) is 2.35. The molecular weight excluding hydrogens is 234 g/mol. The molecule has 0 saturated carbocycles. The summed E-state index contributed by atoms with van der Waals surface area (Å²) in [6, 6.07) is 0. The van der Waals surface area contributed by atoms with Crippen LogP contribution in [0.1, 0.15) is 33.6 Å². The zero-order chi connectivity index (χ0) is 12.8. The topological polar surface area (TPSA) is 37.4 Å². The van der Waals surface area contributed by atoms with Gasteiger partial charge in [-0.2, -0.15) is 0 Å². The van der Waals surface area contributed by atoms with Gasteiger partial charge in [0, 0.05) is 29.6 Å². The summed E-state index contributed by atoms with van der Waals surface area (Å²) in [5.74, 6) is 1.25. The summed E-state index contributed by atoms with van der Waals surface area (Å²) in [5, 5.41) is -0.375. The molecule has 0 aromatic rings. The Bertz CT molecular complexity index is 307. The Morgan fingerprint density at radius 3 is 2.59 bits per heavy atom.